The molecule has 2 heterocycles. The lowest BCUT2D eigenvalue weighted by atomic mass is 10.0. The number of carbonyl (C=O) groups excluding carboxylic acids is 2. The smallest absolute Gasteiger partial charge is 0.240 e. The van der Waals surface area contributed by atoms with Gasteiger partial charge in [-0.2, -0.15) is 0 Å². The van der Waals surface area contributed by atoms with Crippen LogP contribution < -0.4 is 15.6 Å². The van der Waals surface area contributed by atoms with Crippen LogP contribution in [0.2, 0.25) is 0 Å². The molecule has 3 rings (SSSR count). The Balaban J connectivity index is 1.71. The number of carbonyl (C=O) groups is 2. The third-order valence-electron chi connectivity index (χ3n) is 5.31. The van der Waals surface area contributed by atoms with Crippen molar-refractivity contribution in [3.8, 4) is 11.1 Å². The summed E-state index contributed by atoms with van der Waals surface area (Å²) in [5, 5.41) is 12.1. The van der Waals surface area contributed by atoms with Crippen LogP contribution in [0.1, 0.15) is 32.9 Å². The predicted octanol–water partition coefficient (Wildman–Crippen LogP) is 1.37. The molecule has 0 saturated heterocycles. The van der Waals surface area contributed by atoms with Crippen molar-refractivity contribution in [1.29, 1.82) is 0 Å². The van der Waals surface area contributed by atoms with Crippen LogP contribution in [0.25, 0.3) is 22.2 Å². The first kappa shape index (κ1) is 25.2. The molecule has 2 amide bonds. The molecule has 4 N–H and O–H groups in total. The van der Waals surface area contributed by atoms with Gasteiger partial charge < -0.3 is 25.5 Å². The normalized spacial score (nSPS) is 12.1. The summed E-state index contributed by atoms with van der Waals surface area (Å²) in [7, 11) is -3.77. The highest BCUT2D eigenvalue weighted by Gasteiger charge is 2.21. The number of sulfonamides is 1. The number of nitrogens with one attached hydrogen (secondary N) is 2. The Kier molecular flexibility index (Phi) is 7.27. The zero-order chi connectivity index (χ0) is 25.1. The largest absolute Gasteiger partial charge is 0.530 e. The molecule has 34 heavy (non-hydrogen) atoms. The number of rotatable bonds is 9. The molecule has 0 unspecified atom stereocenters. The second kappa shape index (κ2) is 9.82. The van der Waals surface area contributed by atoms with Gasteiger partial charge in [-0.15, -0.1) is 0 Å². The van der Waals surface area contributed by atoms with Gasteiger partial charge in [-0.1, -0.05) is 12.1 Å². The van der Waals surface area contributed by atoms with Crippen LogP contribution in [0.15, 0.2) is 47.5 Å². The van der Waals surface area contributed by atoms with Crippen molar-refractivity contribution in [1.82, 2.24) is 19.6 Å². The topological polar surface area (TPSA) is 161 Å². The maximum atomic E-state index is 12.7. The van der Waals surface area contributed by atoms with Crippen molar-refractivity contribution in [2.75, 3.05) is 13.1 Å². The Morgan fingerprint density at radius 1 is 1.18 bits per heavy atom. The first-order valence-electron chi connectivity index (χ1n) is 10.7. The molecular weight excluding hydrogens is 458 g/mol. The molecule has 1 aromatic carbocycles. The third-order valence-corrected chi connectivity index (χ3v) is 6.79. The molecule has 182 valence electrons. The van der Waals surface area contributed by atoms with Gasteiger partial charge in [0.05, 0.1) is 11.3 Å². The van der Waals surface area contributed by atoms with E-state index >= 15 is 0 Å². The maximum Gasteiger partial charge on any atom is 0.240 e. The molecule has 0 saturated carbocycles. The van der Waals surface area contributed by atoms with E-state index < -0.39 is 27.6 Å². The van der Waals surface area contributed by atoms with E-state index in [-0.39, 0.29) is 24.4 Å². The van der Waals surface area contributed by atoms with E-state index in [9.17, 15) is 23.1 Å². The number of hydrogen-bond acceptors (Lipinski definition) is 6. The van der Waals surface area contributed by atoms with Crippen molar-refractivity contribution < 1.29 is 23.1 Å². The van der Waals surface area contributed by atoms with Crippen LogP contribution in [-0.2, 0) is 21.2 Å². The molecule has 10 nitrogen and oxygen atoms in total. The van der Waals surface area contributed by atoms with Crippen LogP contribution in [-0.4, -0.2) is 53.9 Å². The summed E-state index contributed by atoms with van der Waals surface area (Å²) in [5.41, 5.74) is 7.50. The Morgan fingerprint density at radius 2 is 1.85 bits per heavy atom. The number of pyridine rings is 1. The summed E-state index contributed by atoms with van der Waals surface area (Å²) in [6.07, 6.45) is 0.704. The van der Waals surface area contributed by atoms with Crippen LogP contribution in [0.4, 0.5) is 4.79 Å². The Morgan fingerprint density at radius 3 is 2.44 bits per heavy atom. The van der Waals surface area contributed by atoms with Crippen LogP contribution in [0.3, 0.4) is 0 Å². The highest BCUT2D eigenvalue weighted by atomic mass is 32.2. The summed E-state index contributed by atoms with van der Waals surface area (Å²) >= 11 is 0. The quantitative estimate of drug-likeness (QED) is 0.387. The predicted molar refractivity (Wildman–Crippen MR) is 126 cm³/mol. The lowest BCUT2D eigenvalue weighted by Gasteiger charge is -2.37. The second-order valence-electron chi connectivity index (χ2n) is 8.92. The summed E-state index contributed by atoms with van der Waals surface area (Å²) in [6.45, 7) is 5.48. The molecule has 0 atom stereocenters. The van der Waals surface area contributed by atoms with Crippen LogP contribution in [0, 0.1) is 0 Å². The van der Waals surface area contributed by atoms with Crippen molar-refractivity contribution in [3.63, 3.8) is 0 Å². The van der Waals surface area contributed by atoms with Gasteiger partial charge in [0.1, 0.15) is 11.7 Å². The molecule has 3 aromatic rings. The fraction of sp³-hybridized carbons (Fsp3) is 0.348. The number of hydrogen-bond donors (Lipinski definition) is 3. The molecule has 0 aliphatic heterocycles. The standard InChI is InChI=1S/C23H29N5O5S/c1-23(2,3)28(22(30)31)12-4-10-26-34(32,33)17-7-5-15(6-8-17)18-9-11-25-21-19(18)13-16(27-21)14-20(24)29/h5-9,11,13,26H,4,10,12,14H2,1-3H3,(H2,24,29)(H,25,27)(H,30,31)/p-1. The van der Waals surface area contributed by atoms with E-state index in [4.69, 9.17) is 5.73 Å². The van der Waals surface area contributed by atoms with Crippen molar-refractivity contribution in [2.45, 2.75) is 44.0 Å². The molecule has 0 bridgehead atoms. The minimum atomic E-state index is -3.77. The number of fused-ring (bicyclic) bond motifs is 1. The van der Waals surface area contributed by atoms with E-state index in [1.807, 2.05) is 12.1 Å². The van der Waals surface area contributed by atoms with E-state index in [0.29, 0.717) is 17.8 Å². The van der Waals surface area contributed by atoms with E-state index in [0.717, 1.165) is 16.5 Å². The minimum Gasteiger partial charge on any atom is -0.530 e. The molecule has 0 fully saturated rings. The zero-order valence-electron chi connectivity index (χ0n) is 19.3. The van der Waals surface area contributed by atoms with Gasteiger partial charge >= 0.3 is 0 Å². The number of amides is 2. The van der Waals surface area contributed by atoms with Crippen molar-refractivity contribution in [3.05, 3.63) is 48.3 Å². The number of benzene rings is 1. The average molecular weight is 487 g/mol. The second-order valence-corrected chi connectivity index (χ2v) is 10.7. The number of aromatic nitrogens is 2. The van der Waals surface area contributed by atoms with E-state index in [1.165, 1.54) is 17.0 Å². The van der Waals surface area contributed by atoms with Crippen LogP contribution >= 0.6 is 0 Å². The first-order valence-corrected chi connectivity index (χ1v) is 12.2. The minimum absolute atomic E-state index is 0.0646. The number of aromatic amines is 1. The molecule has 11 heteroatoms. The van der Waals surface area contributed by atoms with Gasteiger partial charge in [-0.3, -0.25) is 4.79 Å². The van der Waals surface area contributed by atoms with Crippen LogP contribution in [0.5, 0.6) is 0 Å². The Hall–Kier alpha value is -3.44. The van der Waals surface area contributed by atoms with Crippen molar-refractivity contribution >= 4 is 33.1 Å². The van der Waals surface area contributed by atoms with Gasteiger partial charge in [-0.05, 0) is 62.6 Å². The van der Waals surface area contributed by atoms with Crippen molar-refractivity contribution in [2.24, 2.45) is 5.73 Å². The highest BCUT2D eigenvalue weighted by molar-refractivity contribution is 7.89. The molecule has 2 aromatic heterocycles. The summed E-state index contributed by atoms with van der Waals surface area (Å²) in [5.74, 6) is -0.457. The number of carboxylic acid groups (broad SMARTS) is 1. The summed E-state index contributed by atoms with van der Waals surface area (Å²) in [6, 6.07) is 10.0. The SMILES string of the molecule is CC(C)(C)N(CCCNS(=O)(=O)c1ccc(-c2ccnc3[nH]c(CC(N)=O)cc23)cc1)C(=O)[O-]. The van der Waals surface area contributed by atoms with E-state index in [2.05, 4.69) is 14.7 Å². The molecular formula is C23H28N5O5S-. The number of nitrogens with two attached hydrogens (primary N) is 1. The molecule has 0 aliphatic rings. The lowest BCUT2D eigenvalue weighted by molar-refractivity contribution is -0.270. The van der Waals surface area contributed by atoms with Gasteiger partial charge in [-0.25, -0.2) is 18.1 Å². The van der Waals surface area contributed by atoms with Gasteiger partial charge in [0.25, 0.3) is 0 Å². The average Bonchev–Trinajstić information content (AvgIpc) is 3.14. The fourth-order valence-corrected chi connectivity index (χ4v) is 4.73. The Bertz CT molecular complexity index is 1290. The third kappa shape index (κ3) is 5.91. The maximum absolute atomic E-state index is 12.7. The monoisotopic (exact) mass is 486 g/mol. The van der Waals surface area contributed by atoms with Gasteiger partial charge in [0.15, 0.2) is 0 Å². The summed E-state index contributed by atoms with van der Waals surface area (Å²) < 4.78 is 27.8. The Labute approximate surface area is 198 Å². The zero-order valence-corrected chi connectivity index (χ0v) is 20.1. The first-order chi connectivity index (χ1) is 15.9. The fourth-order valence-electron chi connectivity index (χ4n) is 3.66. The number of primary amides is 1. The highest BCUT2D eigenvalue weighted by Crippen LogP contribution is 2.29. The number of nitrogens with zero attached hydrogens (tertiary/aromatic N) is 2. The molecule has 0 aliphatic carbocycles. The lowest BCUT2D eigenvalue weighted by Crippen LogP contribution is -2.52. The molecule has 0 radical (unpaired) electrons. The van der Waals surface area contributed by atoms with Gasteiger partial charge in [0.2, 0.25) is 15.9 Å². The van der Waals surface area contributed by atoms with Gasteiger partial charge in [0, 0.05) is 35.9 Å². The summed E-state index contributed by atoms with van der Waals surface area (Å²) in [4.78, 5) is 31.1. The molecule has 0 spiro atoms. The number of H-pyrrole nitrogens is 1. The van der Waals surface area contributed by atoms with E-state index in [1.54, 1.807) is 39.1 Å².